The molecule has 0 saturated carbocycles. The molecule has 10 nitrogen and oxygen atoms in total. The molecule has 250 valence electrons. The molecule has 8 rings (SSSR count). The van der Waals surface area contributed by atoms with Crippen molar-refractivity contribution in [3.63, 3.8) is 0 Å². The number of thiophene rings is 1. The number of anilines is 1. The molecule has 4 saturated heterocycles. The molecule has 4 aliphatic rings. The maximum atomic E-state index is 17.0. The number of aryl methyl sites for hydroxylation is 1. The number of benzene rings is 2. The number of nitrogen functional groups attached to an aromatic ring is 1. The minimum atomic E-state index is -0.662. The fourth-order valence-corrected chi connectivity index (χ4v) is 9.32. The lowest BCUT2D eigenvalue weighted by atomic mass is 9.95. The minimum Gasteiger partial charge on any atom is -0.472 e. The highest BCUT2D eigenvalue weighted by Crippen LogP contribution is 2.46. The van der Waals surface area contributed by atoms with Crippen LogP contribution in [0.3, 0.4) is 0 Å². The van der Waals surface area contributed by atoms with Crippen molar-refractivity contribution in [2.45, 2.75) is 70.1 Å². The summed E-state index contributed by atoms with van der Waals surface area (Å²) in [7, 11) is 0. The predicted molar refractivity (Wildman–Crippen MR) is 184 cm³/mol. The average molecular weight is 690 g/mol. The van der Waals surface area contributed by atoms with Crippen LogP contribution < -0.4 is 15.2 Å². The standard InChI is InChI=1S/C35H37ClFN7O3S/c1-19-5-6-22(26-24(16-38)31(39)48-30(19)26)27-25(36)15-23-29(28(27)37)40-33(46-18-35-9-3-11-43(35)12-4-10-35)41-32(23)47-21-8-13-42(17-21)34(45)44-14-7-20(44)2/h5-6,15,20-21H,3-4,7-14,17-18,39H2,1-2H3. The summed E-state index contributed by atoms with van der Waals surface area (Å²) in [5, 5.41) is 11.4. The number of nitrogens with two attached hydrogens (primary N) is 1. The van der Waals surface area contributed by atoms with Crippen molar-refractivity contribution in [2.75, 3.05) is 45.1 Å². The normalized spacial score (nSPS) is 21.9. The number of hydrogen-bond donors (Lipinski definition) is 1. The molecule has 13 heteroatoms. The zero-order chi connectivity index (χ0) is 33.3. The number of likely N-dealkylation sites (tertiary alicyclic amines) is 2. The Hall–Kier alpha value is -3.92. The van der Waals surface area contributed by atoms with Gasteiger partial charge in [-0.15, -0.1) is 11.3 Å². The summed E-state index contributed by atoms with van der Waals surface area (Å²) in [5.41, 5.74) is 7.99. The summed E-state index contributed by atoms with van der Waals surface area (Å²) in [5.74, 6) is -0.498. The van der Waals surface area contributed by atoms with Crippen LogP contribution in [0, 0.1) is 24.1 Å². The highest BCUT2D eigenvalue weighted by Gasteiger charge is 2.45. The monoisotopic (exact) mass is 689 g/mol. The third-order valence-corrected chi connectivity index (χ3v) is 12.3. The SMILES string of the molecule is Cc1ccc(-c2c(Cl)cc3c(OC4CCN(C(=O)N5CCC5C)C4)nc(OCC45CCCN4CCC5)nc3c2F)c2c(C#N)c(N)sc12. The third kappa shape index (κ3) is 5.01. The molecule has 2 unspecified atom stereocenters. The van der Waals surface area contributed by atoms with Crippen molar-refractivity contribution >= 4 is 55.0 Å². The summed E-state index contributed by atoms with van der Waals surface area (Å²) in [4.78, 5) is 28.6. The first-order valence-electron chi connectivity index (χ1n) is 16.7. The van der Waals surface area contributed by atoms with Crippen LogP contribution in [0.25, 0.3) is 32.1 Å². The second kappa shape index (κ2) is 11.9. The van der Waals surface area contributed by atoms with E-state index in [0.29, 0.717) is 53.0 Å². The Labute approximate surface area is 287 Å². The molecule has 6 heterocycles. The van der Waals surface area contributed by atoms with E-state index in [1.165, 1.54) is 11.3 Å². The largest absolute Gasteiger partial charge is 0.472 e. The first kappa shape index (κ1) is 31.4. The number of nitriles is 1. The summed E-state index contributed by atoms with van der Waals surface area (Å²) in [6.07, 6.45) is 5.57. The number of rotatable bonds is 6. The second-order valence-corrected chi connectivity index (χ2v) is 15.1. The average Bonchev–Trinajstić information content (AvgIpc) is 3.84. The number of ether oxygens (including phenoxy) is 2. The van der Waals surface area contributed by atoms with E-state index in [4.69, 9.17) is 26.8 Å². The molecule has 2 amide bonds. The maximum absolute atomic E-state index is 17.0. The van der Waals surface area contributed by atoms with E-state index in [-0.39, 0.29) is 51.7 Å². The van der Waals surface area contributed by atoms with Gasteiger partial charge in [-0.25, -0.2) is 9.18 Å². The number of halogens is 2. The Morgan fingerprint density at radius 2 is 2.00 bits per heavy atom. The van der Waals surface area contributed by atoms with Gasteiger partial charge in [-0.05, 0) is 76.2 Å². The topological polar surface area (TPSA) is 121 Å². The van der Waals surface area contributed by atoms with Crippen LogP contribution in [-0.4, -0.2) is 87.7 Å². The quantitative estimate of drug-likeness (QED) is 0.236. The maximum Gasteiger partial charge on any atom is 0.320 e. The van der Waals surface area contributed by atoms with Crippen LogP contribution in [0.4, 0.5) is 14.2 Å². The molecular formula is C35H37ClFN7O3S. The van der Waals surface area contributed by atoms with Gasteiger partial charge in [0.1, 0.15) is 29.3 Å². The van der Waals surface area contributed by atoms with Crippen molar-refractivity contribution in [1.82, 2.24) is 24.7 Å². The summed E-state index contributed by atoms with van der Waals surface area (Å²) in [6, 6.07) is 7.75. The van der Waals surface area contributed by atoms with Crippen molar-refractivity contribution in [2.24, 2.45) is 0 Å². The van der Waals surface area contributed by atoms with Crippen molar-refractivity contribution in [3.8, 4) is 29.1 Å². The molecule has 4 aliphatic heterocycles. The highest BCUT2D eigenvalue weighted by atomic mass is 35.5. The first-order valence-corrected chi connectivity index (χ1v) is 17.9. The Morgan fingerprint density at radius 3 is 2.71 bits per heavy atom. The van der Waals surface area contributed by atoms with E-state index in [0.717, 1.165) is 62.0 Å². The molecule has 2 atom stereocenters. The number of amides is 2. The van der Waals surface area contributed by atoms with Crippen LogP contribution in [-0.2, 0) is 0 Å². The van der Waals surface area contributed by atoms with Crippen LogP contribution in [0.2, 0.25) is 5.02 Å². The molecule has 0 bridgehead atoms. The number of carbonyl (C=O) groups excluding carboxylic acids is 1. The van der Waals surface area contributed by atoms with Gasteiger partial charge in [0.05, 0.1) is 28.1 Å². The Morgan fingerprint density at radius 1 is 1.21 bits per heavy atom. The predicted octanol–water partition coefficient (Wildman–Crippen LogP) is 6.74. The first-order chi connectivity index (χ1) is 23.2. The van der Waals surface area contributed by atoms with Gasteiger partial charge in [-0.1, -0.05) is 23.7 Å². The highest BCUT2D eigenvalue weighted by molar-refractivity contribution is 7.23. The van der Waals surface area contributed by atoms with Crippen molar-refractivity contribution in [3.05, 3.63) is 40.2 Å². The zero-order valence-electron chi connectivity index (χ0n) is 27.0. The fourth-order valence-electron chi connectivity index (χ4n) is 8.02. The van der Waals surface area contributed by atoms with Gasteiger partial charge in [-0.2, -0.15) is 15.2 Å². The Bertz CT molecular complexity index is 2000. The summed E-state index contributed by atoms with van der Waals surface area (Å²) < 4.78 is 30.6. The zero-order valence-corrected chi connectivity index (χ0v) is 28.6. The molecule has 0 aliphatic carbocycles. The van der Waals surface area contributed by atoms with Crippen LogP contribution >= 0.6 is 22.9 Å². The molecule has 4 aromatic rings. The fraction of sp³-hybridized carbons (Fsp3) is 0.486. The van der Waals surface area contributed by atoms with Crippen molar-refractivity contribution in [1.29, 1.82) is 5.26 Å². The molecular weight excluding hydrogens is 653 g/mol. The number of hydrogen-bond acceptors (Lipinski definition) is 9. The van der Waals surface area contributed by atoms with E-state index in [1.54, 1.807) is 12.1 Å². The second-order valence-electron chi connectivity index (χ2n) is 13.6. The van der Waals surface area contributed by atoms with Gasteiger partial charge >= 0.3 is 12.0 Å². The van der Waals surface area contributed by atoms with Gasteiger partial charge in [0, 0.05) is 41.2 Å². The molecule has 2 aromatic heterocycles. The minimum absolute atomic E-state index is 0.0115. The number of urea groups is 1. The molecule has 48 heavy (non-hydrogen) atoms. The van der Waals surface area contributed by atoms with Gasteiger partial charge < -0.3 is 25.0 Å². The van der Waals surface area contributed by atoms with E-state index in [9.17, 15) is 10.1 Å². The summed E-state index contributed by atoms with van der Waals surface area (Å²) >= 11 is 8.20. The lowest BCUT2D eigenvalue weighted by molar-refractivity contribution is 0.0940. The van der Waals surface area contributed by atoms with Crippen molar-refractivity contribution < 1.29 is 18.7 Å². The lowest BCUT2D eigenvalue weighted by Crippen LogP contribution is -2.54. The molecule has 4 fully saturated rings. The molecule has 2 aromatic carbocycles. The van der Waals surface area contributed by atoms with Gasteiger partial charge in [-0.3, -0.25) is 4.90 Å². The van der Waals surface area contributed by atoms with E-state index >= 15 is 4.39 Å². The lowest BCUT2D eigenvalue weighted by Gasteiger charge is -2.40. The van der Waals surface area contributed by atoms with Gasteiger partial charge in [0.2, 0.25) is 5.88 Å². The van der Waals surface area contributed by atoms with Crippen LogP contribution in [0.5, 0.6) is 11.9 Å². The molecule has 0 spiro atoms. The Kier molecular flexibility index (Phi) is 7.77. The third-order valence-electron chi connectivity index (χ3n) is 10.8. The summed E-state index contributed by atoms with van der Waals surface area (Å²) in [6.45, 7) is 8.19. The van der Waals surface area contributed by atoms with E-state index in [2.05, 4.69) is 27.9 Å². The molecule has 2 N–H and O–H groups in total. The van der Waals surface area contributed by atoms with E-state index < -0.39 is 5.82 Å². The number of aromatic nitrogens is 2. The van der Waals surface area contributed by atoms with Crippen LogP contribution in [0.1, 0.15) is 56.6 Å². The Balaban J connectivity index is 1.20. The number of carbonyl (C=O) groups is 1. The van der Waals surface area contributed by atoms with Gasteiger partial charge in [0.25, 0.3) is 0 Å². The molecule has 0 radical (unpaired) electrons. The van der Waals surface area contributed by atoms with Crippen LogP contribution in [0.15, 0.2) is 18.2 Å². The van der Waals surface area contributed by atoms with Gasteiger partial charge in [0.15, 0.2) is 5.82 Å². The number of fused-ring (bicyclic) bond motifs is 3. The number of nitrogens with zero attached hydrogens (tertiary/aromatic N) is 6. The smallest absolute Gasteiger partial charge is 0.320 e. The van der Waals surface area contributed by atoms with E-state index in [1.807, 2.05) is 22.8 Å².